The minimum Gasteiger partial charge on any atom is -0.356 e. The Kier molecular flexibility index (Phi) is 4.38. The van der Waals surface area contributed by atoms with Crippen LogP contribution in [-0.2, 0) is 9.59 Å². The van der Waals surface area contributed by atoms with Crippen molar-refractivity contribution in [1.82, 2.24) is 15.0 Å². The summed E-state index contributed by atoms with van der Waals surface area (Å²) in [6.07, 6.45) is 1.91. The molecule has 2 aliphatic rings. The van der Waals surface area contributed by atoms with Crippen LogP contribution in [0.4, 0.5) is 4.39 Å². The first-order valence-corrected chi connectivity index (χ1v) is 9.18. The van der Waals surface area contributed by atoms with Gasteiger partial charge in [-0.25, -0.2) is 4.39 Å². The van der Waals surface area contributed by atoms with E-state index in [4.69, 9.17) is 4.52 Å². The Hall–Kier alpha value is -2.44. The Morgan fingerprint density at radius 2 is 2.12 bits per heavy atom. The summed E-state index contributed by atoms with van der Waals surface area (Å²) in [5.74, 6) is -0.201. The summed E-state index contributed by atoms with van der Waals surface area (Å²) in [6, 6.07) is 4.47. The van der Waals surface area contributed by atoms with Gasteiger partial charge >= 0.3 is 0 Å². The van der Waals surface area contributed by atoms with Crippen LogP contribution in [0.2, 0.25) is 0 Å². The van der Waals surface area contributed by atoms with Crippen LogP contribution >= 0.6 is 0 Å². The van der Waals surface area contributed by atoms with Crippen LogP contribution in [0.3, 0.4) is 0 Å². The number of rotatable bonds is 3. The molecule has 0 aliphatic carbocycles. The number of carbonyl (C=O) groups is 2. The van der Waals surface area contributed by atoms with E-state index in [9.17, 15) is 14.0 Å². The van der Waals surface area contributed by atoms with Crippen molar-refractivity contribution >= 4 is 22.8 Å². The van der Waals surface area contributed by atoms with Gasteiger partial charge in [-0.3, -0.25) is 9.59 Å². The lowest BCUT2D eigenvalue weighted by Crippen LogP contribution is -2.42. The maximum absolute atomic E-state index is 13.3. The van der Waals surface area contributed by atoms with Gasteiger partial charge in [0.05, 0.1) is 11.6 Å². The summed E-state index contributed by atoms with van der Waals surface area (Å²) in [5.41, 5.74) is 1.31. The fourth-order valence-electron chi connectivity index (χ4n) is 4.10. The van der Waals surface area contributed by atoms with Crippen LogP contribution in [0.5, 0.6) is 0 Å². The number of hydrogen-bond acceptors (Lipinski definition) is 4. The molecular formula is C19H22FN3O3. The number of fused-ring (bicyclic) bond motifs is 1. The predicted molar refractivity (Wildman–Crippen MR) is 92.9 cm³/mol. The van der Waals surface area contributed by atoms with Crippen LogP contribution in [0.15, 0.2) is 22.7 Å². The number of halogens is 1. The Morgan fingerprint density at radius 3 is 2.81 bits per heavy atom. The van der Waals surface area contributed by atoms with Gasteiger partial charge in [-0.15, -0.1) is 0 Å². The molecule has 4 rings (SSSR count). The number of piperidine rings is 1. The minimum atomic E-state index is -0.340. The third kappa shape index (κ3) is 2.95. The molecule has 2 fully saturated rings. The van der Waals surface area contributed by atoms with E-state index in [1.807, 2.05) is 11.8 Å². The molecule has 2 aromatic rings. The Morgan fingerprint density at radius 1 is 1.35 bits per heavy atom. The molecule has 7 heteroatoms. The lowest BCUT2D eigenvalue weighted by molar-refractivity contribution is -0.136. The number of carbonyl (C=O) groups excluding carboxylic acids is 2. The summed E-state index contributed by atoms with van der Waals surface area (Å²) in [7, 11) is 0. The molecule has 2 aliphatic heterocycles. The number of aromatic nitrogens is 1. The zero-order valence-corrected chi connectivity index (χ0v) is 14.8. The van der Waals surface area contributed by atoms with Crippen LogP contribution in [0.25, 0.3) is 11.0 Å². The first kappa shape index (κ1) is 17.0. The minimum absolute atomic E-state index is 0.0713. The highest BCUT2D eigenvalue weighted by Crippen LogP contribution is 2.33. The highest BCUT2D eigenvalue weighted by molar-refractivity contribution is 5.89. The smallest absolute Gasteiger partial charge is 0.227 e. The average molecular weight is 359 g/mol. The maximum Gasteiger partial charge on any atom is 0.227 e. The molecule has 0 spiro atoms. The fraction of sp³-hybridized carbons (Fsp3) is 0.526. The molecule has 1 aromatic carbocycles. The molecule has 0 N–H and O–H groups in total. The third-order valence-electron chi connectivity index (χ3n) is 5.60. The van der Waals surface area contributed by atoms with Gasteiger partial charge in [0, 0.05) is 50.0 Å². The van der Waals surface area contributed by atoms with E-state index in [1.54, 1.807) is 11.0 Å². The summed E-state index contributed by atoms with van der Waals surface area (Å²) >= 11 is 0. The average Bonchev–Trinajstić information content (AvgIpc) is 3.24. The monoisotopic (exact) mass is 359 g/mol. The number of benzene rings is 1. The topological polar surface area (TPSA) is 66.7 Å². The molecule has 138 valence electrons. The largest absolute Gasteiger partial charge is 0.356 e. The second-order valence-corrected chi connectivity index (χ2v) is 7.14. The number of amides is 2. The number of hydrogen-bond donors (Lipinski definition) is 0. The van der Waals surface area contributed by atoms with Gasteiger partial charge in [0.1, 0.15) is 5.82 Å². The number of likely N-dealkylation sites (tertiary alicyclic amines) is 2. The fourth-order valence-corrected chi connectivity index (χ4v) is 4.10. The van der Waals surface area contributed by atoms with Gasteiger partial charge in [-0.1, -0.05) is 5.16 Å². The Bertz CT molecular complexity index is 842. The Labute approximate surface area is 150 Å². The quantitative estimate of drug-likeness (QED) is 0.845. The van der Waals surface area contributed by atoms with Gasteiger partial charge in [0.25, 0.3) is 0 Å². The summed E-state index contributed by atoms with van der Waals surface area (Å²) in [6.45, 7) is 4.42. The van der Waals surface area contributed by atoms with E-state index < -0.39 is 0 Å². The molecule has 6 nitrogen and oxygen atoms in total. The van der Waals surface area contributed by atoms with E-state index in [2.05, 4.69) is 5.16 Å². The summed E-state index contributed by atoms with van der Waals surface area (Å²) < 4.78 is 18.6. The van der Waals surface area contributed by atoms with Crippen molar-refractivity contribution in [2.75, 3.05) is 26.2 Å². The van der Waals surface area contributed by atoms with Crippen molar-refractivity contribution in [1.29, 1.82) is 0 Å². The third-order valence-corrected chi connectivity index (χ3v) is 5.60. The van der Waals surface area contributed by atoms with E-state index >= 15 is 0 Å². The summed E-state index contributed by atoms with van der Waals surface area (Å²) in [5, 5.41) is 4.99. The molecule has 1 atom stereocenters. The Balaban J connectivity index is 1.41. The van der Waals surface area contributed by atoms with Crippen LogP contribution in [0.1, 0.15) is 37.8 Å². The first-order valence-electron chi connectivity index (χ1n) is 9.18. The standard InChI is InChI=1S/C19H22FN3O3/c1-2-22-11-13(9-17(22)24)19(25)23-7-5-12(6-8-23)18-15-4-3-14(20)10-16(15)26-21-18/h3-4,10,12-13H,2,5-9,11H2,1H3. The number of nitrogens with zero attached hydrogens (tertiary/aromatic N) is 3. The van der Waals surface area contributed by atoms with Crippen molar-refractivity contribution in [3.05, 3.63) is 29.7 Å². The van der Waals surface area contributed by atoms with Crippen LogP contribution in [0, 0.1) is 11.7 Å². The van der Waals surface area contributed by atoms with Gasteiger partial charge in [0.2, 0.25) is 11.8 Å². The molecular weight excluding hydrogens is 337 g/mol. The van der Waals surface area contributed by atoms with E-state index in [0.717, 1.165) is 23.9 Å². The van der Waals surface area contributed by atoms with E-state index in [1.165, 1.54) is 12.1 Å². The lowest BCUT2D eigenvalue weighted by Gasteiger charge is -2.32. The van der Waals surface area contributed by atoms with Crippen molar-refractivity contribution in [2.45, 2.75) is 32.1 Å². The second kappa shape index (κ2) is 6.70. The van der Waals surface area contributed by atoms with Crippen molar-refractivity contribution in [2.24, 2.45) is 5.92 Å². The molecule has 0 bridgehead atoms. The normalized spacial score (nSPS) is 21.8. The molecule has 2 saturated heterocycles. The molecule has 1 unspecified atom stereocenters. The predicted octanol–water partition coefficient (Wildman–Crippen LogP) is 2.54. The highest BCUT2D eigenvalue weighted by Gasteiger charge is 2.37. The van der Waals surface area contributed by atoms with Crippen LogP contribution in [-0.4, -0.2) is 52.9 Å². The SMILES string of the molecule is CCN1CC(C(=O)N2CCC(c3noc4cc(F)ccc34)CC2)CC1=O. The summed E-state index contributed by atoms with van der Waals surface area (Å²) in [4.78, 5) is 28.2. The molecule has 0 radical (unpaired) electrons. The second-order valence-electron chi connectivity index (χ2n) is 7.14. The van der Waals surface area contributed by atoms with Gasteiger partial charge in [-0.05, 0) is 31.9 Å². The van der Waals surface area contributed by atoms with Crippen molar-refractivity contribution in [3.8, 4) is 0 Å². The van der Waals surface area contributed by atoms with Crippen molar-refractivity contribution < 1.29 is 18.5 Å². The lowest BCUT2D eigenvalue weighted by atomic mass is 9.91. The van der Waals surface area contributed by atoms with Gasteiger partial charge in [0.15, 0.2) is 5.58 Å². The van der Waals surface area contributed by atoms with Crippen molar-refractivity contribution in [3.63, 3.8) is 0 Å². The molecule has 0 saturated carbocycles. The van der Waals surface area contributed by atoms with E-state index in [-0.39, 0.29) is 29.5 Å². The maximum atomic E-state index is 13.3. The zero-order chi connectivity index (χ0) is 18.3. The van der Waals surface area contributed by atoms with Crippen LogP contribution < -0.4 is 0 Å². The highest BCUT2D eigenvalue weighted by atomic mass is 19.1. The zero-order valence-electron chi connectivity index (χ0n) is 14.8. The van der Waals surface area contributed by atoms with Gasteiger partial charge < -0.3 is 14.3 Å². The van der Waals surface area contributed by atoms with Gasteiger partial charge in [-0.2, -0.15) is 0 Å². The molecule has 3 heterocycles. The first-order chi connectivity index (χ1) is 12.6. The molecule has 1 aromatic heterocycles. The van der Waals surface area contributed by atoms with E-state index in [0.29, 0.717) is 38.2 Å². The molecule has 2 amide bonds. The molecule has 26 heavy (non-hydrogen) atoms.